The van der Waals surface area contributed by atoms with Crippen molar-refractivity contribution < 1.29 is 4.42 Å². The molecule has 0 saturated heterocycles. The zero-order valence-corrected chi connectivity index (χ0v) is 32.6. The van der Waals surface area contributed by atoms with Gasteiger partial charge in [-0.25, -0.2) is 9.97 Å². The maximum absolute atomic E-state index is 6.50. The van der Waals surface area contributed by atoms with Gasteiger partial charge < -0.3 is 9.32 Å². The molecule has 60 heavy (non-hydrogen) atoms. The summed E-state index contributed by atoms with van der Waals surface area (Å²) in [5, 5.41) is 4.47. The third-order valence-electron chi connectivity index (χ3n) is 12.3. The van der Waals surface area contributed by atoms with Gasteiger partial charge in [0.15, 0.2) is 5.82 Å². The molecule has 0 saturated carbocycles. The average Bonchev–Trinajstić information content (AvgIpc) is 3.87. The summed E-state index contributed by atoms with van der Waals surface area (Å²) in [6.45, 7) is 0. The molecule has 12 rings (SSSR count). The Morgan fingerprint density at radius 1 is 0.433 bits per heavy atom. The van der Waals surface area contributed by atoms with Gasteiger partial charge in [0, 0.05) is 44.8 Å². The second-order valence-electron chi connectivity index (χ2n) is 15.7. The maximum atomic E-state index is 6.50. The van der Waals surface area contributed by atoms with Crippen LogP contribution in [0.3, 0.4) is 0 Å². The van der Waals surface area contributed by atoms with Gasteiger partial charge >= 0.3 is 0 Å². The van der Waals surface area contributed by atoms with Gasteiger partial charge in [0.25, 0.3) is 0 Å². The molecule has 2 aliphatic rings. The molecule has 0 N–H and O–H groups in total. The van der Waals surface area contributed by atoms with Crippen molar-refractivity contribution in [3.05, 3.63) is 218 Å². The third kappa shape index (κ3) is 5.60. The van der Waals surface area contributed by atoms with E-state index in [4.69, 9.17) is 14.4 Å². The summed E-state index contributed by atoms with van der Waals surface area (Å²) in [5.41, 5.74) is 14.9. The molecule has 0 amide bonds. The van der Waals surface area contributed by atoms with Crippen molar-refractivity contribution in [3.8, 4) is 56.2 Å². The van der Waals surface area contributed by atoms with Crippen LogP contribution in [0.15, 0.2) is 217 Å². The Balaban J connectivity index is 0.942. The molecule has 0 radical (unpaired) electrons. The van der Waals surface area contributed by atoms with E-state index in [9.17, 15) is 0 Å². The SMILES string of the molecule is C1=CC2c3ccc(-c4ccc(-c5ccc(-c6cc(-c7cccc8c7oc7ccccc78)nc(-c7ccccc7)n6)c6ccccc56)cc4)cc3N(c3ccccc3)C2C=C1. The zero-order chi connectivity index (χ0) is 39.6. The van der Waals surface area contributed by atoms with Crippen LogP contribution in [0, 0.1) is 0 Å². The molecular weight excluding hydrogens is 731 g/mol. The largest absolute Gasteiger partial charge is 0.455 e. The lowest BCUT2D eigenvalue weighted by Crippen LogP contribution is -2.28. The van der Waals surface area contributed by atoms with Crippen molar-refractivity contribution in [2.24, 2.45) is 0 Å². The normalized spacial score (nSPS) is 15.5. The van der Waals surface area contributed by atoms with E-state index < -0.39 is 0 Å². The van der Waals surface area contributed by atoms with Crippen LogP contribution in [-0.4, -0.2) is 16.0 Å². The van der Waals surface area contributed by atoms with Gasteiger partial charge in [-0.05, 0) is 75.0 Å². The smallest absolute Gasteiger partial charge is 0.160 e. The van der Waals surface area contributed by atoms with E-state index in [0.717, 1.165) is 55.4 Å². The Kier molecular flexibility index (Phi) is 7.95. The van der Waals surface area contributed by atoms with E-state index in [1.807, 2.05) is 30.3 Å². The Morgan fingerprint density at radius 2 is 1.07 bits per heavy atom. The predicted octanol–water partition coefficient (Wildman–Crippen LogP) is 14.6. The summed E-state index contributed by atoms with van der Waals surface area (Å²) in [4.78, 5) is 12.9. The number of nitrogens with zero attached hydrogens (tertiary/aromatic N) is 3. The average molecular weight is 768 g/mol. The highest BCUT2D eigenvalue weighted by molar-refractivity contribution is 6.10. The summed E-state index contributed by atoms with van der Waals surface area (Å²) in [7, 11) is 0. The molecule has 0 spiro atoms. The molecule has 10 aromatic rings. The van der Waals surface area contributed by atoms with Crippen LogP contribution in [0.4, 0.5) is 11.4 Å². The van der Waals surface area contributed by atoms with Crippen LogP contribution in [0.5, 0.6) is 0 Å². The molecule has 2 aromatic heterocycles. The monoisotopic (exact) mass is 767 g/mol. The molecule has 0 fully saturated rings. The van der Waals surface area contributed by atoms with E-state index >= 15 is 0 Å². The lowest BCUT2D eigenvalue weighted by atomic mass is 9.90. The molecule has 1 aliphatic carbocycles. The van der Waals surface area contributed by atoms with Crippen molar-refractivity contribution in [2.75, 3.05) is 4.90 Å². The molecule has 1 aliphatic heterocycles. The van der Waals surface area contributed by atoms with Crippen molar-refractivity contribution >= 4 is 44.1 Å². The van der Waals surface area contributed by atoms with Crippen LogP contribution >= 0.6 is 0 Å². The van der Waals surface area contributed by atoms with Crippen molar-refractivity contribution in [1.82, 2.24) is 9.97 Å². The summed E-state index contributed by atoms with van der Waals surface area (Å²) < 4.78 is 6.50. The van der Waals surface area contributed by atoms with Crippen LogP contribution in [0.25, 0.3) is 88.9 Å². The summed E-state index contributed by atoms with van der Waals surface area (Å²) in [6, 6.07) is 67.0. The van der Waals surface area contributed by atoms with Crippen molar-refractivity contribution in [2.45, 2.75) is 12.0 Å². The number of hydrogen-bond donors (Lipinski definition) is 0. The van der Waals surface area contributed by atoms with Crippen LogP contribution in [0.1, 0.15) is 11.5 Å². The minimum absolute atomic E-state index is 0.270. The second-order valence-corrected chi connectivity index (χ2v) is 15.7. The molecule has 2 atom stereocenters. The standard InChI is InChI=1S/C56H37N3O/c1-3-14-38(15-4-1)56-57-50(35-51(58-56)49-23-13-22-48-47-21-10-12-25-54(47)60-55(48)49)44-33-32-41(42-18-7-8-19-43(42)44)37-28-26-36(27-29-37)39-30-31-46-45-20-9-11-24-52(45)59(53(46)34-39)40-16-5-2-6-17-40/h1-35,45,52H. The first-order chi connectivity index (χ1) is 29.7. The predicted molar refractivity (Wildman–Crippen MR) is 247 cm³/mol. The number of furan rings is 1. The maximum Gasteiger partial charge on any atom is 0.160 e. The van der Waals surface area contributed by atoms with Gasteiger partial charge in [0.05, 0.1) is 17.4 Å². The number of hydrogen-bond acceptors (Lipinski definition) is 4. The van der Waals surface area contributed by atoms with Crippen LogP contribution in [0.2, 0.25) is 0 Å². The molecule has 3 heterocycles. The highest BCUT2D eigenvalue weighted by Gasteiger charge is 2.37. The minimum Gasteiger partial charge on any atom is -0.455 e. The molecule has 8 aromatic carbocycles. The lowest BCUT2D eigenvalue weighted by molar-refractivity contribution is 0.670. The highest BCUT2D eigenvalue weighted by Crippen LogP contribution is 2.49. The fourth-order valence-corrected chi connectivity index (χ4v) is 9.41. The first-order valence-electron chi connectivity index (χ1n) is 20.6. The fraction of sp³-hybridized carbons (Fsp3) is 0.0357. The van der Waals surface area contributed by atoms with E-state index in [0.29, 0.717) is 11.7 Å². The topological polar surface area (TPSA) is 42.2 Å². The molecule has 282 valence electrons. The highest BCUT2D eigenvalue weighted by atomic mass is 16.3. The van der Waals surface area contributed by atoms with Crippen molar-refractivity contribution in [1.29, 1.82) is 0 Å². The Bertz CT molecular complexity index is 3330. The minimum atomic E-state index is 0.270. The number of fused-ring (bicyclic) bond motifs is 7. The number of anilines is 2. The quantitative estimate of drug-likeness (QED) is 0.169. The Hall–Kier alpha value is -7.82. The summed E-state index contributed by atoms with van der Waals surface area (Å²) in [5.74, 6) is 1.01. The van der Waals surface area contributed by atoms with Gasteiger partial charge in [-0.2, -0.15) is 0 Å². The van der Waals surface area contributed by atoms with Crippen molar-refractivity contribution in [3.63, 3.8) is 0 Å². The molecule has 4 nitrogen and oxygen atoms in total. The molecule has 2 unspecified atom stereocenters. The van der Waals surface area contributed by atoms with E-state index in [1.54, 1.807) is 0 Å². The second kappa shape index (κ2) is 13.9. The molecule has 0 bridgehead atoms. The van der Waals surface area contributed by atoms with Gasteiger partial charge in [-0.1, -0.05) is 176 Å². The lowest BCUT2D eigenvalue weighted by Gasteiger charge is -2.28. The first-order valence-corrected chi connectivity index (χ1v) is 20.6. The number of aromatic nitrogens is 2. The van der Waals surface area contributed by atoms with E-state index in [2.05, 4.69) is 187 Å². The number of para-hydroxylation sites is 3. The number of rotatable bonds is 6. The Morgan fingerprint density at radius 3 is 1.88 bits per heavy atom. The first kappa shape index (κ1) is 34.2. The molecule has 4 heteroatoms. The van der Waals surface area contributed by atoms with Crippen LogP contribution < -0.4 is 4.90 Å². The number of benzene rings is 8. The summed E-state index contributed by atoms with van der Waals surface area (Å²) >= 11 is 0. The van der Waals surface area contributed by atoms with Gasteiger partial charge in [-0.15, -0.1) is 0 Å². The van der Waals surface area contributed by atoms with Gasteiger partial charge in [0.2, 0.25) is 0 Å². The summed E-state index contributed by atoms with van der Waals surface area (Å²) in [6.07, 6.45) is 9.02. The zero-order valence-electron chi connectivity index (χ0n) is 32.6. The van der Waals surface area contributed by atoms with E-state index in [1.165, 1.54) is 44.6 Å². The van der Waals surface area contributed by atoms with Gasteiger partial charge in [0.1, 0.15) is 11.2 Å². The Labute approximate surface area is 348 Å². The number of allylic oxidation sites excluding steroid dienone is 2. The third-order valence-corrected chi connectivity index (χ3v) is 12.3. The van der Waals surface area contributed by atoms with Crippen LogP contribution in [-0.2, 0) is 0 Å². The van der Waals surface area contributed by atoms with E-state index in [-0.39, 0.29) is 6.04 Å². The van der Waals surface area contributed by atoms with Gasteiger partial charge in [-0.3, -0.25) is 0 Å². The molecular formula is C56H37N3O. The fourth-order valence-electron chi connectivity index (χ4n) is 9.41.